The molecule has 0 fully saturated rings. The van der Waals surface area contributed by atoms with Crippen molar-refractivity contribution in [1.29, 1.82) is 0 Å². The highest BCUT2D eigenvalue weighted by Gasteiger charge is 2.16. The molecule has 0 aliphatic rings. The number of esters is 1. The van der Waals surface area contributed by atoms with Crippen LogP contribution in [0.25, 0.3) is 0 Å². The number of nitrogens with zero attached hydrogens (tertiary/aromatic N) is 2. The summed E-state index contributed by atoms with van der Waals surface area (Å²) < 4.78 is 4.86. The van der Waals surface area contributed by atoms with Crippen LogP contribution in [-0.4, -0.2) is 28.5 Å². The number of carbonyl (C=O) groups is 2. The number of hydrogen-bond acceptors (Lipinski definition) is 7. The molecule has 2 aromatic heterocycles. The molecule has 2 aromatic rings. The third-order valence-electron chi connectivity index (χ3n) is 2.60. The van der Waals surface area contributed by atoms with Crippen molar-refractivity contribution in [3.63, 3.8) is 0 Å². The quantitative estimate of drug-likeness (QED) is 0.803. The van der Waals surface area contributed by atoms with Crippen LogP contribution in [0.15, 0.2) is 29.9 Å². The molecule has 2 heterocycles. The Morgan fingerprint density at radius 3 is 2.86 bits per heavy atom. The third-order valence-corrected chi connectivity index (χ3v) is 3.66. The van der Waals surface area contributed by atoms with E-state index in [0.717, 1.165) is 4.88 Å². The van der Waals surface area contributed by atoms with E-state index in [0.29, 0.717) is 0 Å². The number of nitrogens with one attached hydrogen (secondary N) is 1. The van der Waals surface area contributed by atoms with Crippen LogP contribution >= 0.6 is 11.3 Å². The number of hydrogen-bond donors (Lipinski definition) is 2. The lowest BCUT2D eigenvalue weighted by molar-refractivity contribution is -0.124. The van der Waals surface area contributed by atoms with E-state index >= 15 is 0 Å². The van der Waals surface area contributed by atoms with E-state index in [1.165, 1.54) is 23.7 Å². The van der Waals surface area contributed by atoms with Crippen LogP contribution in [0.2, 0.25) is 0 Å². The predicted molar refractivity (Wildman–Crippen MR) is 77.6 cm³/mol. The summed E-state index contributed by atoms with van der Waals surface area (Å²) in [7, 11) is 0. The van der Waals surface area contributed by atoms with Crippen molar-refractivity contribution in [2.45, 2.75) is 13.0 Å². The van der Waals surface area contributed by atoms with Crippen LogP contribution < -0.4 is 11.1 Å². The molecule has 1 amide bonds. The second-order valence-corrected chi connectivity index (χ2v) is 5.15. The molecule has 7 nitrogen and oxygen atoms in total. The molecule has 0 radical (unpaired) electrons. The Labute approximate surface area is 125 Å². The largest absolute Gasteiger partial charge is 0.451 e. The van der Waals surface area contributed by atoms with Crippen molar-refractivity contribution in [3.8, 4) is 0 Å². The van der Waals surface area contributed by atoms with E-state index in [1.54, 1.807) is 0 Å². The summed E-state index contributed by atoms with van der Waals surface area (Å²) in [5.41, 5.74) is 5.40. The number of ether oxygens (including phenoxy) is 1. The number of rotatable bonds is 5. The summed E-state index contributed by atoms with van der Waals surface area (Å²) in [4.78, 5) is 31.9. The molecule has 1 atom stereocenters. The highest BCUT2D eigenvalue weighted by molar-refractivity contribution is 7.10. The summed E-state index contributed by atoms with van der Waals surface area (Å²) >= 11 is 1.54. The number of aromatic nitrogens is 2. The van der Waals surface area contributed by atoms with Crippen molar-refractivity contribution < 1.29 is 14.3 Å². The van der Waals surface area contributed by atoms with Crippen LogP contribution in [0.4, 0.5) is 5.82 Å². The Bertz CT molecular complexity index is 630. The van der Waals surface area contributed by atoms with E-state index in [1.807, 2.05) is 24.4 Å². The Morgan fingerprint density at radius 1 is 1.43 bits per heavy atom. The average molecular weight is 306 g/mol. The van der Waals surface area contributed by atoms with Gasteiger partial charge in [0.2, 0.25) is 0 Å². The van der Waals surface area contributed by atoms with Crippen LogP contribution in [0.1, 0.15) is 28.3 Å². The zero-order valence-electron chi connectivity index (χ0n) is 11.3. The van der Waals surface area contributed by atoms with Gasteiger partial charge in [0, 0.05) is 17.3 Å². The predicted octanol–water partition coefficient (Wildman–Crippen LogP) is 1.15. The number of carbonyl (C=O) groups excluding carboxylic acids is 2. The van der Waals surface area contributed by atoms with Gasteiger partial charge < -0.3 is 15.8 Å². The van der Waals surface area contributed by atoms with Gasteiger partial charge in [0.05, 0.1) is 6.04 Å². The van der Waals surface area contributed by atoms with E-state index in [9.17, 15) is 9.59 Å². The lowest BCUT2D eigenvalue weighted by Gasteiger charge is -2.12. The summed E-state index contributed by atoms with van der Waals surface area (Å²) in [6.07, 6.45) is 2.69. The molecule has 0 aromatic carbocycles. The smallest absolute Gasteiger partial charge is 0.361 e. The molecular formula is C13H14N4O3S. The number of nitrogen functional groups attached to an aromatic ring is 1. The first-order chi connectivity index (χ1) is 10.1. The summed E-state index contributed by atoms with van der Waals surface area (Å²) in [5, 5.41) is 4.66. The number of amides is 1. The SMILES string of the molecule is C[C@H](NC(=O)COC(=O)c1nccnc1N)c1cccs1. The Hall–Kier alpha value is -2.48. The van der Waals surface area contributed by atoms with E-state index in [2.05, 4.69) is 15.3 Å². The molecule has 21 heavy (non-hydrogen) atoms. The molecule has 0 unspecified atom stereocenters. The number of nitrogens with two attached hydrogens (primary N) is 1. The number of thiophene rings is 1. The van der Waals surface area contributed by atoms with Crippen molar-refractivity contribution in [2.24, 2.45) is 0 Å². The van der Waals surface area contributed by atoms with Gasteiger partial charge in [-0.25, -0.2) is 14.8 Å². The average Bonchev–Trinajstić information content (AvgIpc) is 2.99. The fourth-order valence-electron chi connectivity index (χ4n) is 1.60. The molecule has 0 aliphatic heterocycles. The van der Waals surface area contributed by atoms with Gasteiger partial charge in [-0.15, -0.1) is 11.3 Å². The lowest BCUT2D eigenvalue weighted by atomic mass is 10.3. The maximum Gasteiger partial charge on any atom is 0.361 e. The molecule has 0 saturated heterocycles. The minimum atomic E-state index is -0.778. The fourth-order valence-corrected chi connectivity index (χ4v) is 2.33. The number of anilines is 1. The fraction of sp³-hybridized carbons (Fsp3) is 0.231. The van der Waals surface area contributed by atoms with E-state index in [-0.39, 0.29) is 17.6 Å². The van der Waals surface area contributed by atoms with Crippen LogP contribution in [0.5, 0.6) is 0 Å². The highest BCUT2D eigenvalue weighted by Crippen LogP contribution is 2.17. The molecule has 0 bridgehead atoms. The molecule has 0 saturated carbocycles. The molecule has 8 heteroatoms. The zero-order chi connectivity index (χ0) is 15.2. The lowest BCUT2D eigenvalue weighted by Crippen LogP contribution is -2.31. The normalized spacial score (nSPS) is 11.7. The van der Waals surface area contributed by atoms with Gasteiger partial charge in [-0.2, -0.15) is 0 Å². The summed E-state index contributed by atoms with van der Waals surface area (Å²) in [6, 6.07) is 3.68. The molecule has 0 spiro atoms. The van der Waals surface area contributed by atoms with Crippen LogP contribution in [0, 0.1) is 0 Å². The van der Waals surface area contributed by atoms with Crippen LogP contribution in [0.3, 0.4) is 0 Å². The first kappa shape index (κ1) is 14.9. The summed E-state index contributed by atoms with van der Waals surface area (Å²) in [6.45, 7) is 1.46. The topological polar surface area (TPSA) is 107 Å². The Kier molecular flexibility index (Phi) is 4.83. The Balaban J connectivity index is 1.84. The second kappa shape index (κ2) is 6.80. The molecular weight excluding hydrogens is 292 g/mol. The molecule has 0 aliphatic carbocycles. The minimum Gasteiger partial charge on any atom is -0.451 e. The van der Waals surface area contributed by atoms with E-state index in [4.69, 9.17) is 10.5 Å². The third kappa shape index (κ3) is 3.99. The van der Waals surface area contributed by atoms with Crippen LogP contribution in [-0.2, 0) is 9.53 Å². The molecule has 2 rings (SSSR count). The van der Waals surface area contributed by atoms with Gasteiger partial charge >= 0.3 is 5.97 Å². The van der Waals surface area contributed by atoms with Gasteiger partial charge in [0.1, 0.15) is 0 Å². The maximum atomic E-state index is 11.7. The maximum absolute atomic E-state index is 11.7. The van der Waals surface area contributed by atoms with Gasteiger partial charge in [-0.1, -0.05) is 6.07 Å². The summed E-state index contributed by atoms with van der Waals surface area (Å²) in [5.74, 6) is -1.21. The molecule has 110 valence electrons. The van der Waals surface area contributed by atoms with Gasteiger partial charge in [0.25, 0.3) is 5.91 Å². The van der Waals surface area contributed by atoms with E-state index < -0.39 is 18.5 Å². The van der Waals surface area contributed by atoms with Crippen molar-refractivity contribution >= 4 is 29.0 Å². The Morgan fingerprint density at radius 2 is 2.19 bits per heavy atom. The monoisotopic (exact) mass is 306 g/mol. The van der Waals surface area contributed by atoms with Gasteiger partial charge in [0.15, 0.2) is 18.1 Å². The molecule has 3 N–H and O–H groups in total. The van der Waals surface area contributed by atoms with Crippen molar-refractivity contribution in [3.05, 3.63) is 40.5 Å². The highest BCUT2D eigenvalue weighted by atomic mass is 32.1. The zero-order valence-corrected chi connectivity index (χ0v) is 12.1. The van der Waals surface area contributed by atoms with Crippen molar-refractivity contribution in [1.82, 2.24) is 15.3 Å². The minimum absolute atomic E-state index is 0.0325. The first-order valence-corrected chi connectivity index (χ1v) is 7.02. The van der Waals surface area contributed by atoms with Gasteiger partial charge in [-0.3, -0.25) is 4.79 Å². The standard InChI is InChI=1S/C13H14N4O3S/c1-8(9-3-2-6-21-9)17-10(18)7-20-13(19)11-12(14)16-5-4-15-11/h2-6,8H,7H2,1H3,(H2,14,16)(H,17,18)/t8-/m0/s1. The first-order valence-electron chi connectivity index (χ1n) is 6.14. The second-order valence-electron chi connectivity index (χ2n) is 4.17. The van der Waals surface area contributed by atoms with Gasteiger partial charge in [-0.05, 0) is 18.4 Å². The van der Waals surface area contributed by atoms with Crippen molar-refractivity contribution in [2.75, 3.05) is 12.3 Å².